The maximum absolute atomic E-state index is 13.3. The van der Waals surface area contributed by atoms with Crippen LogP contribution in [0.25, 0.3) is 11.0 Å². The minimum atomic E-state index is -1.47. The van der Waals surface area contributed by atoms with Crippen molar-refractivity contribution in [3.63, 3.8) is 0 Å². The molecule has 194 valence electrons. The first-order chi connectivity index (χ1) is 17.6. The van der Waals surface area contributed by atoms with Gasteiger partial charge in [0.25, 0.3) is 5.91 Å². The normalized spacial score (nSPS) is 11.4. The molecule has 1 atom stereocenters. The average molecular weight is 514 g/mol. The molecule has 37 heavy (non-hydrogen) atoms. The first-order valence-electron chi connectivity index (χ1n) is 10.8. The van der Waals surface area contributed by atoms with Gasteiger partial charge in [0, 0.05) is 6.07 Å². The Balaban J connectivity index is 2.31. The van der Waals surface area contributed by atoms with Gasteiger partial charge in [0.15, 0.2) is 11.5 Å². The standard InChI is InChI=1S/C24H22N2O11/c1-3-33-23(31)36-15-9-13-14(10-16(15)37-24(32)34-4-2)35-20(18(19(13)28)22(26)30)17(21(25)29)11-5-7-12(27)8-6-11/h5-10,17,27H,3-4H2,1-2H3,(H2,25,29)(H2,26,30). The van der Waals surface area contributed by atoms with E-state index in [2.05, 4.69) is 0 Å². The van der Waals surface area contributed by atoms with Gasteiger partial charge in [-0.25, -0.2) is 9.59 Å². The molecule has 5 N–H and O–H groups in total. The third-order valence-electron chi connectivity index (χ3n) is 4.91. The second kappa shape index (κ2) is 11.1. The number of fused-ring (bicyclic) bond motifs is 1. The van der Waals surface area contributed by atoms with Crippen molar-refractivity contribution >= 4 is 35.1 Å². The summed E-state index contributed by atoms with van der Waals surface area (Å²) in [4.78, 5) is 61.9. The number of ether oxygens (including phenoxy) is 4. The highest BCUT2D eigenvalue weighted by Crippen LogP contribution is 2.35. The lowest BCUT2D eigenvalue weighted by molar-refractivity contribution is -0.118. The summed E-state index contributed by atoms with van der Waals surface area (Å²) >= 11 is 0. The number of primary amides is 2. The number of aromatic hydroxyl groups is 1. The molecule has 0 saturated carbocycles. The number of rotatable bonds is 8. The molecule has 1 aromatic heterocycles. The van der Waals surface area contributed by atoms with E-state index in [1.807, 2.05) is 0 Å². The topological polar surface area (TPSA) is 208 Å². The number of hydrogen-bond acceptors (Lipinski definition) is 11. The van der Waals surface area contributed by atoms with Crippen LogP contribution in [0.3, 0.4) is 0 Å². The summed E-state index contributed by atoms with van der Waals surface area (Å²) < 4.78 is 25.3. The first-order valence-corrected chi connectivity index (χ1v) is 10.8. The SMILES string of the molecule is CCOC(=O)Oc1cc2oc(C(C(N)=O)c3ccc(O)cc3)c(C(N)=O)c(=O)c2cc1OC(=O)OCC. The van der Waals surface area contributed by atoms with Gasteiger partial charge in [0.05, 0.1) is 18.6 Å². The van der Waals surface area contributed by atoms with Crippen LogP contribution < -0.4 is 26.4 Å². The van der Waals surface area contributed by atoms with E-state index in [1.54, 1.807) is 0 Å². The van der Waals surface area contributed by atoms with Gasteiger partial charge in [0.2, 0.25) is 11.3 Å². The molecule has 0 aliphatic heterocycles. The minimum absolute atomic E-state index is 0.0331. The Morgan fingerprint density at radius 2 is 1.46 bits per heavy atom. The van der Waals surface area contributed by atoms with Crippen LogP contribution in [0.2, 0.25) is 0 Å². The van der Waals surface area contributed by atoms with Crippen molar-refractivity contribution in [1.82, 2.24) is 0 Å². The van der Waals surface area contributed by atoms with E-state index in [0.29, 0.717) is 0 Å². The van der Waals surface area contributed by atoms with Crippen LogP contribution in [-0.4, -0.2) is 42.4 Å². The molecule has 3 rings (SSSR count). The molecule has 0 radical (unpaired) electrons. The Morgan fingerprint density at radius 3 is 1.95 bits per heavy atom. The zero-order valence-electron chi connectivity index (χ0n) is 19.6. The number of benzene rings is 2. The predicted octanol–water partition coefficient (Wildman–Crippen LogP) is 2.29. The lowest BCUT2D eigenvalue weighted by atomic mass is 9.91. The zero-order chi connectivity index (χ0) is 27.3. The molecule has 2 aromatic carbocycles. The second-order valence-electron chi connectivity index (χ2n) is 7.33. The summed E-state index contributed by atoms with van der Waals surface area (Å²) in [5.41, 5.74) is 9.26. The molecule has 0 bridgehead atoms. The largest absolute Gasteiger partial charge is 0.513 e. The number of phenolic OH excluding ortho intramolecular Hbond substituents is 1. The third kappa shape index (κ3) is 5.78. The second-order valence-corrected chi connectivity index (χ2v) is 7.33. The van der Waals surface area contributed by atoms with Crippen LogP contribution in [0.4, 0.5) is 9.59 Å². The highest BCUT2D eigenvalue weighted by molar-refractivity contribution is 6.00. The molecular weight excluding hydrogens is 492 g/mol. The number of carbonyl (C=O) groups excluding carboxylic acids is 4. The fourth-order valence-electron chi connectivity index (χ4n) is 3.40. The van der Waals surface area contributed by atoms with Gasteiger partial charge in [-0.3, -0.25) is 14.4 Å². The Hall–Kier alpha value is -5.07. The van der Waals surface area contributed by atoms with Crippen molar-refractivity contribution in [3.8, 4) is 17.2 Å². The van der Waals surface area contributed by atoms with E-state index in [0.717, 1.165) is 12.1 Å². The highest BCUT2D eigenvalue weighted by Gasteiger charge is 2.32. The molecule has 0 saturated heterocycles. The van der Waals surface area contributed by atoms with E-state index in [1.165, 1.54) is 38.1 Å². The van der Waals surface area contributed by atoms with Crippen molar-refractivity contribution in [3.05, 3.63) is 63.5 Å². The molecule has 0 fully saturated rings. The molecule has 2 amide bonds. The van der Waals surface area contributed by atoms with Crippen LogP contribution in [0.15, 0.2) is 45.6 Å². The molecule has 13 heteroatoms. The summed E-state index contributed by atoms with van der Waals surface area (Å²) in [7, 11) is 0. The van der Waals surface area contributed by atoms with Crippen LogP contribution in [-0.2, 0) is 14.3 Å². The number of carbonyl (C=O) groups is 4. The van der Waals surface area contributed by atoms with Gasteiger partial charge in [-0.15, -0.1) is 0 Å². The molecule has 13 nitrogen and oxygen atoms in total. The average Bonchev–Trinajstić information content (AvgIpc) is 2.81. The van der Waals surface area contributed by atoms with E-state index < -0.39 is 58.3 Å². The van der Waals surface area contributed by atoms with Crippen molar-refractivity contribution in [2.24, 2.45) is 11.5 Å². The molecule has 1 unspecified atom stereocenters. The van der Waals surface area contributed by atoms with E-state index in [4.69, 9.17) is 34.8 Å². The summed E-state index contributed by atoms with van der Waals surface area (Å²) in [6.07, 6.45) is -2.33. The smallest absolute Gasteiger partial charge is 0.508 e. The van der Waals surface area contributed by atoms with Crippen LogP contribution in [0, 0.1) is 0 Å². The third-order valence-corrected chi connectivity index (χ3v) is 4.91. The quantitative estimate of drug-likeness (QED) is 0.293. The van der Waals surface area contributed by atoms with E-state index in [-0.39, 0.29) is 35.5 Å². The minimum Gasteiger partial charge on any atom is -0.508 e. The van der Waals surface area contributed by atoms with Gasteiger partial charge >= 0.3 is 12.3 Å². The van der Waals surface area contributed by atoms with E-state index in [9.17, 15) is 29.1 Å². The number of phenols is 1. The lowest BCUT2D eigenvalue weighted by Gasteiger charge is -2.17. The van der Waals surface area contributed by atoms with Crippen LogP contribution in [0.5, 0.6) is 17.2 Å². The van der Waals surface area contributed by atoms with Crippen molar-refractivity contribution in [2.75, 3.05) is 13.2 Å². The number of nitrogens with two attached hydrogens (primary N) is 2. The van der Waals surface area contributed by atoms with Gasteiger partial charge < -0.3 is 39.9 Å². The summed E-state index contributed by atoms with van der Waals surface area (Å²) in [6, 6.07) is 7.20. The lowest BCUT2D eigenvalue weighted by Crippen LogP contribution is -2.30. The molecule has 0 aliphatic rings. The summed E-state index contributed by atoms with van der Waals surface area (Å²) in [6.45, 7) is 2.98. The Labute approximate surface area is 208 Å². The number of hydrogen-bond donors (Lipinski definition) is 3. The van der Waals surface area contributed by atoms with Crippen LogP contribution in [0.1, 0.15) is 41.4 Å². The fourth-order valence-corrected chi connectivity index (χ4v) is 3.40. The number of amides is 2. The van der Waals surface area contributed by atoms with Crippen LogP contribution >= 0.6 is 0 Å². The highest BCUT2D eigenvalue weighted by atomic mass is 16.7. The fraction of sp³-hybridized carbons (Fsp3) is 0.208. The maximum Gasteiger partial charge on any atom is 0.513 e. The monoisotopic (exact) mass is 514 g/mol. The van der Waals surface area contributed by atoms with Gasteiger partial charge in [-0.05, 0) is 37.6 Å². The molecule has 0 aliphatic carbocycles. The molecule has 3 aromatic rings. The van der Waals surface area contributed by atoms with Crippen molar-refractivity contribution in [2.45, 2.75) is 19.8 Å². The van der Waals surface area contributed by atoms with E-state index >= 15 is 0 Å². The summed E-state index contributed by atoms with van der Waals surface area (Å²) in [5.74, 6) is -5.12. The molecule has 1 heterocycles. The molecular formula is C24H22N2O11. The van der Waals surface area contributed by atoms with Gasteiger partial charge in [-0.2, -0.15) is 0 Å². The zero-order valence-corrected chi connectivity index (χ0v) is 19.6. The van der Waals surface area contributed by atoms with Gasteiger partial charge in [0.1, 0.15) is 28.6 Å². The first kappa shape index (κ1) is 26.5. The molecule has 0 spiro atoms. The predicted molar refractivity (Wildman–Crippen MR) is 125 cm³/mol. The van der Waals surface area contributed by atoms with Gasteiger partial charge in [-0.1, -0.05) is 12.1 Å². The Bertz CT molecular complexity index is 1430. The summed E-state index contributed by atoms with van der Waals surface area (Å²) in [5, 5.41) is 9.27. The van der Waals surface area contributed by atoms with Crippen molar-refractivity contribution in [1.29, 1.82) is 0 Å². The Kier molecular flexibility index (Phi) is 7.97. The Morgan fingerprint density at radius 1 is 0.919 bits per heavy atom. The maximum atomic E-state index is 13.3. The van der Waals surface area contributed by atoms with Crippen molar-refractivity contribution < 1.29 is 47.6 Å².